The van der Waals surface area contributed by atoms with Gasteiger partial charge in [-0.25, -0.2) is 0 Å². The largest absolute Gasteiger partial charge is 0.497 e. The van der Waals surface area contributed by atoms with Crippen LogP contribution in [0.15, 0.2) is 42.5 Å². The monoisotopic (exact) mass is 337 g/mol. The van der Waals surface area contributed by atoms with Gasteiger partial charge in [0, 0.05) is 13.1 Å². The van der Waals surface area contributed by atoms with E-state index in [2.05, 4.69) is 0 Å². The molecule has 1 fully saturated rings. The number of alkyl halides is 3. The third kappa shape index (κ3) is 3.58. The standard InChI is InChI=1S/C18H18F3NO2/c1-23-14-5-7-15(8-6-14)24-17-9-4-13(18(19,20)21)12-16(17)22-10-2-3-11-22/h4-9,12H,2-3,10-11H2,1H3. The van der Waals surface area contributed by atoms with Crippen LogP contribution in [-0.4, -0.2) is 20.2 Å². The molecule has 0 atom stereocenters. The zero-order valence-corrected chi connectivity index (χ0v) is 13.3. The van der Waals surface area contributed by atoms with Crippen LogP contribution >= 0.6 is 0 Å². The highest BCUT2D eigenvalue weighted by Gasteiger charge is 2.32. The highest BCUT2D eigenvalue weighted by molar-refractivity contribution is 5.62. The van der Waals surface area contributed by atoms with Gasteiger partial charge in [0.1, 0.15) is 11.5 Å². The number of benzene rings is 2. The number of rotatable bonds is 4. The van der Waals surface area contributed by atoms with Crippen molar-refractivity contribution in [1.82, 2.24) is 0 Å². The summed E-state index contributed by atoms with van der Waals surface area (Å²) in [6, 6.07) is 10.6. The first-order valence-electron chi connectivity index (χ1n) is 7.75. The van der Waals surface area contributed by atoms with Crippen molar-refractivity contribution in [1.29, 1.82) is 0 Å². The Morgan fingerprint density at radius 1 is 0.917 bits per heavy atom. The number of anilines is 1. The molecule has 3 nitrogen and oxygen atoms in total. The van der Waals surface area contributed by atoms with Crippen LogP contribution in [-0.2, 0) is 6.18 Å². The van der Waals surface area contributed by atoms with Crippen molar-refractivity contribution in [2.45, 2.75) is 19.0 Å². The molecule has 0 spiro atoms. The van der Waals surface area contributed by atoms with E-state index in [1.54, 1.807) is 31.4 Å². The summed E-state index contributed by atoms with van der Waals surface area (Å²) < 4.78 is 50.0. The Morgan fingerprint density at radius 2 is 1.54 bits per heavy atom. The first-order valence-corrected chi connectivity index (χ1v) is 7.75. The topological polar surface area (TPSA) is 21.7 Å². The predicted octanol–water partition coefficient (Wildman–Crippen LogP) is 5.11. The summed E-state index contributed by atoms with van der Waals surface area (Å²) in [7, 11) is 1.57. The smallest absolute Gasteiger partial charge is 0.416 e. The summed E-state index contributed by atoms with van der Waals surface area (Å²) in [6.07, 6.45) is -2.43. The molecular weight excluding hydrogens is 319 g/mol. The highest BCUT2D eigenvalue weighted by Crippen LogP contribution is 2.39. The number of hydrogen-bond donors (Lipinski definition) is 0. The molecule has 24 heavy (non-hydrogen) atoms. The zero-order chi connectivity index (χ0) is 17.2. The molecule has 2 aromatic rings. The summed E-state index contributed by atoms with van der Waals surface area (Å²) in [6.45, 7) is 1.47. The molecule has 1 heterocycles. The first kappa shape index (κ1) is 16.5. The van der Waals surface area contributed by atoms with Crippen molar-refractivity contribution >= 4 is 5.69 Å². The van der Waals surface area contributed by atoms with E-state index in [-0.39, 0.29) is 0 Å². The molecule has 1 aliphatic rings. The van der Waals surface area contributed by atoms with E-state index >= 15 is 0 Å². The van der Waals surface area contributed by atoms with E-state index < -0.39 is 11.7 Å². The highest BCUT2D eigenvalue weighted by atomic mass is 19.4. The number of methoxy groups -OCH3 is 1. The zero-order valence-electron chi connectivity index (χ0n) is 13.3. The average molecular weight is 337 g/mol. The van der Waals surface area contributed by atoms with E-state index in [0.717, 1.165) is 32.0 Å². The maximum absolute atomic E-state index is 13.0. The minimum atomic E-state index is -4.37. The molecule has 1 aliphatic heterocycles. The molecule has 6 heteroatoms. The van der Waals surface area contributed by atoms with Crippen molar-refractivity contribution in [2.75, 3.05) is 25.1 Å². The van der Waals surface area contributed by atoms with Gasteiger partial charge in [-0.3, -0.25) is 0 Å². The molecule has 128 valence electrons. The molecule has 3 rings (SSSR count). The summed E-state index contributed by atoms with van der Waals surface area (Å²) in [5.74, 6) is 1.67. The minimum Gasteiger partial charge on any atom is -0.497 e. The van der Waals surface area contributed by atoms with Crippen LogP contribution in [0.3, 0.4) is 0 Å². The molecule has 1 saturated heterocycles. The minimum absolute atomic E-state index is 0.426. The molecule has 0 N–H and O–H groups in total. The Balaban J connectivity index is 1.92. The molecule has 0 radical (unpaired) electrons. The molecule has 0 aliphatic carbocycles. The lowest BCUT2D eigenvalue weighted by atomic mass is 10.1. The van der Waals surface area contributed by atoms with Crippen molar-refractivity contribution in [3.05, 3.63) is 48.0 Å². The van der Waals surface area contributed by atoms with Crippen LogP contribution in [0, 0.1) is 0 Å². The lowest BCUT2D eigenvalue weighted by Gasteiger charge is -2.22. The van der Waals surface area contributed by atoms with Gasteiger partial charge in [0.05, 0.1) is 18.4 Å². The Labute approximate surface area is 138 Å². The summed E-state index contributed by atoms with van der Waals surface area (Å²) in [5, 5.41) is 0. The van der Waals surface area contributed by atoms with Gasteiger partial charge in [0.25, 0.3) is 0 Å². The Hall–Kier alpha value is -2.37. The van der Waals surface area contributed by atoms with E-state index in [9.17, 15) is 13.2 Å². The molecule has 0 saturated carbocycles. The van der Waals surface area contributed by atoms with Crippen LogP contribution < -0.4 is 14.4 Å². The SMILES string of the molecule is COc1ccc(Oc2ccc(C(F)(F)F)cc2N2CCCC2)cc1. The average Bonchev–Trinajstić information content (AvgIpc) is 3.09. The van der Waals surface area contributed by atoms with Crippen molar-refractivity contribution < 1.29 is 22.6 Å². The molecule has 0 bridgehead atoms. The van der Waals surface area contributed by atoms with Crippen molar-refractivity contribution in [2.24, 2.45) is 0 Å². The summed E-state index contributed by atoms with van der Waals surface area (Å²) >= 11 is 0. The van der Waals surface area contributed by atoms with E-state index in [1.165, 1.54) is 12.1 Å². The fourth-order valence-electron chi connectivity index (χ4n) is 2.76. The Morgan fingerprint density at radius 3 is 2.12 bits per heavy atom. The van der Waals surface area contributed by atoms with Crippen molar-refractivity contribution in [3.8, 4) is 17.2 Å². The Bertz CT molecular complexity index is 692. The van der Waals surface area contributed by atoms with Gasteiger partial charge in [0.2, 0.25) is 0 Å². The fourth-order valence-corrected chi connectivity index (χ4v) is 2.76. The maximum Gasteiger partial charge on any atom is 0.416 e. The number of hydrogen-bond acceptors (Lipinski definition) is 3. The van der Waals surface area contributed by atoms with Gasteiger partial charge in [-0.2, -0.15) is 13.2 Å². The van der Waals surface area contributed by atoms with Gasteiger partial charge in [-0.1, -0.05) is 0 Å². The van der Waals surface area contributed by atoms with Gasteiger partial charge in [0.15, 0.2) is 5.75 Å². The van der Waals surface area contributed by atoms with Gasteiger partial charge >= 0.3 is 6.18 Å². The fraction of sp³-hybridized carbons (Fsp3) is 0.333. The molecule has 2 aromatic carbocycles. The number of ether oxygens (including phenoxy) is 2. The molecule has 0 aromatic heterocycles. The normalized spacial score (nSPS) is 14.8. The Kier molecular flexibility index (Phi) is 4.55. The predicted molar refractivity (Wildman–Crippen MR) is 86.0 cm³/mol. The maximum atomic E-state index is 13.0. The van der Waals surface area contributed by atoms with Crippen LogP contribution in [0.25, 0.3) is 0 Å². The van der Waals surface area contributed by atoms with Gasteiger partial charge in [-0.15, -0.1) is 0 Å². The van der Waals surface area contributed by atoms with Crippen LogP contribution in [0.2, 0.25) is 0 Å². The van der Waals surface area contributed by atoms with Gasteiger partial charge < -0.3 is 14.4 Å². The second-order valence-electron chi connectivity index (χ2n) is 5.65. The molecular formula is C18H18F3NO2. The first-order chi connectivity index (χ1) is 11.5. The summed E-state index contributed by atoms with van der Waals surface area (Å²) in [5.41, 5.74) is -0.176. The van der Waals surface area contributed by atoms with E-state index in [0.29, 0.717) is 22.9 Å². The second-order valence-corrected chi connectivity index (χ2v) is 5.65. The second kappa shape index (κ2) is 6.63. The van der Waals surface area contributed by atoms with Crippen molar-refractivity contribution in [3.63, 3.8) is 0 Å². The van der Waals surface area contributed by atoms with Crippen LogP contribution in [0.5, 0.6) is 17.2 Å². The summed E-state index contributed by atoms with van der Waals surface area (Å²) in [4.78, 5) is 1.94. The lowest BCUT2D eigenvalue weighted by molar-refractivity contribution is -0.137. The number of nitrogens with zero attached hydrogens (tertiary/aromatic N) is 1. The third-order valence-corrected chi connectivity index (χ3v) is 4.02. The van der Waals surface area contributed by atoms with E-state index in [4.69, 9.17) is 9.47 Å². The lowest BCUT2D eigenvalue weighted by Crippen LogP contribution is -2.19. The molecule has 0 amide bonds. The van der Waals surface area contributed by atoms with Gasteiger partial charge in [-0.05, 0) is 55.3 Å². The van der Waals surface area contributed by atoms with E-state index in [1.807, 2.05) is 4.90 Å². The number of halogens is 3. The van der Waals surface area contributed by atoms with Crippen LogP contribution in [0.4, 0.5) is 18.9 Å². The van der Waals surface area contributed by atoms with Crippen LogP contribution in [0.1, 0.15) is 18.4 Å². The quantitative estimate of drug-likeness (QED) is 0.774. The third-order valence-electron chi connectivity index (χ3n) is 4.02. The molecule has 0 unspecified atom stereocenters.